The Morgan fingerprint density at radius 3 is 2.94 bits per heavy atom. The molecule has 17 heavy (non-hydrogen) atoms. The van der Waals surface area contributed by atoms with Crippen LogP contribution in [0.5, 0.6) is 0 Å². The molecule has 1 aromatic carbocycles. The molecule has 0 heterocycles. The number of nitrogens with two attached hydrogens (primary N) is 1. The van der Waals surface area contributed by atoms with E-state index in [-0.39, 0.29) is 16.4 Å². The van der Waals surface area contributed by atoms with Crippen LogP contribution in [0.2, 0.25) is 5.02 Å². The summed E-state index contributed by atoms with van der Waals surface area (Å²) in [5.74, 6) is 0.117. The lowest BCUT2D eigenvalue weighted by Crippen LogP contribution is -2.50. The summed E-state index contributed by atoms with van der Waals surface area (Å²) in [7, 11) is 0. The average Bonchev–Trinajstić information content (AvgIpc) is 2.29. The molecule has 1 aromatic rings. The fraction of sp³-hybridized carbons (Fsp3) is 0.571. The van der Waals surface area contributed by atoms with Crippen LogP contribution in [-0.4, -0.2) is 5.54 Å². The molecule has 0 radical (unpaired) electrons. The molecule has 2 N–H and O–H groups in total. The maximum Gasteiger partial charge on any atom is 0.142 e. The van der Waals surface area contributed by atoms with Gasteiger partial charge in [-0.05, 0) is 36.8 Å². The summed E-state index contributed by atoms with van der Waals surface area (Å²) >= 11 is 5.99. The highest BCUT2D eigenvalue weighted by molar-refractivity contribution is 6.31. The maximum absolute atomic E-state index is 13.4. The van der Waals surface area contributed by atoms with Crippen LogP contribution >= 0.6 is 11.6 Å². The third-order valence-corrected chi connectivity index (χ3v) is 4.49. The van der Waals surface area contributed by atoms with Crippen molar-refractivity contribution in [3.05, 3.63) is 34.6 Å². The summed E-state index contributed by atoms with van der Waals surface area (Å²) in [6, 6.07) is 4.97. The third kappa shape index (κ3) is 2.63. The zero-order chi connectivity index (χ0) is 12.5. The van der Waals surface area contributed by atoms with E-state index in [4.69, 9.17) is 17.3 Å². The summed E-state index contributed by atoms with van der Waals surface area (Å²) in [5, 5.41) is 0.232. The summed E-state index contributed by atoms with van der Waals surface area (Å²) in [6.07, 6.45) is 5.24. The van der Waals surface area contributed by atoms with Gasteiger partial charge in [-0.1, -0.05) is 43.5 Å². The van der Waals surface area contributed by atoms with Crippen LogP contribution in [-0.2, 0) is 6.42 Å². The molecule has 1 fully saturated rings. The molecule has 0 spiro atoms. The zero-order valence-corrected chi connectivity index (χ0v) is 10.9. The van der Waals surface area contributed by atoms with Crippen LogP contribution in [0.3, 0.4) is 0 Å². The lowest BCUT2D eigenvalue weighted by atomic mass is 9.71. The summed E-state index contributed by atoms with van der Waals surface area (Å²) in [6.45, 7) is 2.19. The van der Waals surface area contributed by atoms with Gasteiger partial charge in [0, 0.05) is 5.54 Å². The molecule has 0 aliphatic heterocycles. The van der Waals surface area contributed by atoms with Crippen molar-refractivity contribution in [2.75, 3.05) is 0 Å². The van der Waals surface area contributed by atoms with Crippen molar-refractivity contribution in [2.45, 2.75) is 44.6 Å². The van der Waals surface area contributed by atoms with E-state index in [1.807, 2.05) is 6.07 Å². The average molecular weight is 256 g/mol. The van der Waals surface area contributed by atoms with Gasteiger partial charge in [-0.3, -0.25) is 0 Å². The first-order chi connectivity index (χ1) is 8.03. The highest BCUT2D eigenvalue weighted by Gasteiger charge is 2.34. The monoisotopic (exact) mass is 255 g/mol. The fourth-order valence-corrected chi connectivity index (χ4v) is 2.93. The highest BCUT2D eigenvalue weighted by Crippen LogP contribution is 2.35. The van der Waals surface area contributed by atoms with Crippen molar-refractivity contribution in [1.82, 2.24) is 0 Å². The van der Waals surface area contributed by atoms with Crippen molar-refractivity contribution in [2.24, 2.45) is 11.7 Å². The van der Waals surface area contributed by atoms with Crippen LogP contribution in [0, 0.1) is 11.7 Å². The number of halogens is 2. The van der Waals surface area contributed by atoms with Gasteiger partial charge in [-0.15, -0.1) is 0 Å². The molecule has 2 unspecified atom stereocenters. The smallest absolute Gasteiger partial charge is 0.142 e. The lowest BCUT2D eigenvalue weighted by molar-refractivity contribution is 0.204. The quantitative estimate of drug-likeness (QED) is 0.851. The Morgan fingerprint density at radius 1 is 1.47 bits per heavy atom. The Bertz CT molecular complexity index is 407. The standard InChI is InChI=1S/C14H19ClFN/c1-10-5-2-3-8-14(10,17)9-11-6-4-7-12(16)13(11)15/h4,6-7,10H,2-3,5,8-9,17H2,1H3. The van der Waals surface area contributed by atoms with E-state index in [1.165, 1.54) is 12.5 Å². The molecule has 1 saturated carbocycles. The van der Waals surface area contributed by atoms with Gasteiger partial charge in [0.2, 0.25) is 0 Å². The second kappa shape index (κ2) is 4.95. The first-order valence-corrected chi connectivity index (χ1v) is 6.62. The second-order valence-corrected chi connectivity index (χ2v) is 5.65. The predicted octanol–water partition coefficient (Wildman–Crippen LogP) is 3.93. The van der Waals surface area contributed by atoms with Crippen molar-refractivity contribution < 1.29 is 4.39 Å². The lowest BCUT2D eigenvalue weighted by Gasteiger charge is -2.40. The summed E-state index contributed by atoms with van der Waals surface area (Å²) in [4.78, 5) is 0. The second-order valence-electron chi connectivity index (χ2n) is 5.27. The predicted molar refractivity (Wildman–Crippen MR) is 69.7 cm³/mol. The van der Waals surface area contributed by atoms with Crippen LogP contribution in [0.4, 0.5) is 4.39 Å². The SMILES string of the molecule is CC1CCCCC1(N)Cc1cccc(F)c1Cl. The highest BCUT2D eigenvalue weighted by atomic mass is 35.5. The number of hydrogen-bond acceptors (Lipinski definition) is 1. The van der Waals surface area contributed by atoms with Crippen LogP contribution < -0.4 is 5.73 Å². The van der Waals surface area contributed by atoms with Gasteiger partial charge >= 0.3 is 0 Å². The van der Waals surface area contributed by atoms with Crippen molar-refractivity contribution in [3.8, 4) is 0 Å². The molecule has 2 rings (SSSR count). The molecule has 0 aromatic heterocycles. The Hall–Kier alpha value is -0.600. The number of rotatable bonds is 2. The van der Waals surface area contributed by atoms with Crippen molar-refractivity contribution >= 4 is 11.6 Å². The van der Waals surface area contributed by atoms with Gasteiger partial charge in [0.15, 0.2) is 0 Å². The minimum atomic E-state index is -0.351. The third-order valence-electron chi connectivity index (χ3n) is 4.06. The van der Waals surface area contributed by atoms with Gasteiger partial charge < -0.3 is 5.73 Å². The minimum absolute atomic E-state index is 0.227. The molecule has 1 aliphatic rings. The maximum atomic E-state index is 13.4. The fourth-order valence-electron chi connectivity index (χ4n) is 2.74. The Morgan fingerprint density at radius 2 is 2.24 bits per heavy atom. The van der Waals surface area contributed by atoms with Crippen LogP contribution in [0.1, 0.15) is 38.2 Å². The largest absolute Gasteiger partial charge is 0.325 e. The molecule has 1 aliphatic carbocycles. The topological polar surface area (TPSA) is 26.0 Å². The molecular weight excluding hydrogens is 237 g/mol. The first-order valence-electron chi connectivity index (χ1n) is 6.25. The van der Waals surface area contributed by atoms with Gasteiger partial charge in [-0.25, -0.2) is 4.39 Å². The van der Waals surface area contributed by atoms with E-state index in [0.29, 0.717) is 12.3 Å². The van der Waals surface area contributed by atoms with Gasteiger partial charge in [0.25, 0.3) is 0 Å². The van der Waals surface area contributed by atoms with Crippen molar-refractivity contribution in [3.63, 3.8) is 0 Å². The molecule has 1 nitrogen and oxygen atoms in total. The van der Waals surface area contributed by atoms with Gasteiger partial charge in [0.05, 0.1) is 5.02 Å². The van der Waals surface area contributed by atoms with Gasteiger partial charge in [0.1, 0.15) is 5.82 Å². The molecule has 0 bridgehead atoms. The van der Waals surface area contributed by atoms with Crippen LogP contribution in [0.15, 0.2) is 18.2 Å². The minimum Gasteiger partial charge on any atom is -0.325 e. The molecular formula is C14H19ClFN. The van der Waals surface area contributed by atoms with E-state index < -0.39 is 0 Å². The summed E-state index contributed by atoms with van der Waals surface area (Å²) < 4.78 is 13.4. The number of benzene rings is 1. The molecule has 0 saturated heterocycles. The molecule has 94 valence electrons. The Labute approximate surface area is 107 Å². The molecule has 3 heteroatoms. The van der Waals surface area contributed by atoms with E-state index in [1.54, 1.807) is 6.07 Å². The normalized spacial score (nSPS) is 29.3. The Kier molecular flexibility index (Phi) is 3.74. The summed E-state index contributed by atoms with van der Waals surface area (Å²) in [5.41, 5.74) is 7.08. The molecule has 0 amide bonds. The van der Waals surface area contributed by atoms with Crippen molar-refractivity contribution in [1.29, 1.82) is 0 Å². The van der Waals surface area contributed by atoms with E-state index in [9.17, 15) is 4.39 Å². The first kappa shape index (κ1) is 12.8. The number of hydrogen-bond donors (Lipinski definition) is 1. The van der Waals surface area contributed by atoms with Crippen LogP contribution in [0.25, 0.3) is 0 Å². The molecule has 2 atom stereocenters. The van der Waals surface area contributed by atoms with E-state index in [0.717, 1.165) is 24.8 Å². The van der Waals surface area contributed by atoms with E-state index in [2.05, 4.69) is 6.92 Å². The van der Waals surface area contributed by atoms with E-state index >= 15 is 0 Å². The van der Waals surface area contributed by atoms with Gasteiger partial charge in [-0.2, -0.15) is 0 Å². The Balaban J connectivity index is 2.22. The zero-order valence-electron chi connectivity index (χ0n) is 10.2.